The van der Waals surface area contributed by atoms with Crippen LogP contribution in [0.3, 0.4) is 0 Å². The van der Waals surface area contributed by atoms with E-state index >= 15 is 0 Å². The molecule has 0 radical (unpaired) electrons. The van der Waals surface area contributed by atoms with Gasteiger partial charge < -0.3 is 14.6 Å². The van der Waals surface area contributed by atoms with E-state index in [1.807, 2.05) is 13.0 Å². The Morgan fingerprint density at radius 3 is 2.91 bits per heavy atom. The number of aryl methyl sites for hydroxylation is 1. The molecule has 0 saturated carbocycles. The third-order valence-electron chi connectivity index (χ3n) is 2.95. The highest BCUT2D eigenvalue weighted by molar-refractivity contribution is 7.17. The average molecular weight is 319 g/mol. The van der Waals surface area contributed by atoms with Crippen molar-refractivity contribution in [1.29, 1.82) is 0 Å². The molecular formula is C16H17NO4S. The van der Waals surface area contributed by atoms with Crippen LogP contribution in [-0.4, -0.2) is 31.0 Å². The normalized spacial score (nSPS) is 10.9. The lowest BCUT2D eigenvalue weighted by atomic mass is 10.2. The third-order valence-corrected chi connectivity index (χ3v) is 4.07. The highest BCUT2D eigenvalue weighted by Gasteiger charge is 2.14. The summed E-state index contributed by atoms with van der Waals surface area (Å²) in [7, 11) is 1.49. The predicted molar refractivity (Wildman–Crippen MR) is 86.9 cm³/mol. The van der Waals surface area contributed by atoms with Crippen LogP contribution >= 0.6 is 11.3 Å². The lowest BCUT2D eigenvalue weighted by Gasteiger charge is -2.04. The highest BCUT2D eigenvalue weighted by atomic mass is 32.1. The van der Waals surface area contributed by atoms with Crippen LogP contribution in [-0.2, 0) is 4.74 Å². The fourth-order valence-electron chi connectivity index (χ4n) is 1.87. The molecule has 6 heteroatoms. The third kappa shape index (κ3) is 3.46. The van der Waals surface area contributed by atoms with E-state index in [-0.39, 0.29) is 11.7 Å². The fraction of sp³-hybridized carbons (Fsp3) is 0.250. The Kier molecular flexibility index (Phi) is 5.16. The number of hydrogen-bond acceptors (Lipinski definition) is 6. The van der Waals surface area contributed by atoms with Crippen LogP contribution < -0.4 is 4.74 Å². The van der Waals surface area contributed by atoms with E-state index in [1.54, 1.807) is 25.1 Å². The summed E-state index contributed by atoms with van der Waals surface area (Å²) >= 11 is 1.26. The number of thiophene rings is 1. The first-order valence-electron chi connectivity index (χ1n) is 6.74. The summed E-state index contributed by atoms with van der Waals surface area (Å²) in [4.78, 5) is 16.6. The number of carbonyl (C=O) groups is 1. The van der Waals surface area contributed by atoms with Gasteiger partial charge in [-0.1, -0.05) is 6.07 Å². The van der Waals surface area contributed by atoms with Gasteiger partial charge in [0.1, 0.15) is 9.88 Å². The Balaban J connectivity index is 2.24. The van der Waals surface area contributed by atoms with Gasteiger partial charge in [-0.25, -0.2) is 9.79 Å². The Hall–Kier alpha value is -2.34. The molecule has 1 aromatic heterocycles. The minimum Gasteiger partial charge on any atom is -0.504 e. The number of para-hydroxylation sites is 1. The predicted octanol–water partition coefficient (Wildman–Crippen LogP) is 3.70. The van der Waals surface area contributed by atoms with Crippen molar-refractivity contribution in [3.8, 4) is 11.5 Å². The van der Waals surface area contributed by atoms with Crippen molar-refractivity contribution in [2.75, 3.05) is 13.7 Å². The van der Waals surface area contributed by atoms with Crippen LogP contribution in [0.15, 0.2) is 29.3 Å². The van der Waals surface area contributed by atoms with Gasteiger partial charge in [0.2, 0.25) is 0 Å². The maximum absolute atomic E-state index is 11.8. The van der Waals surface area contributed by atoms with Crippen molar-refractivity contribution >= 4 is 28.5 Å². The molecule has 22 heavy (non-hydrogen) atoms. The van der Waals surface area contributed by atoms with Gasteiger partial charge in [0, 0.05) is 11.8 Å². The van der Waals surface area contributed by atoms with Gasteiger partial charge >= 0.3 is 5.97 Å². The van der Waals surface area contributed by atoms with Crippen molar-refractivity contribution in [1.82, 2.24) is 0 Å². The summed E-state index contributed by atoms with van der Waals surface area (Å²) in [6, 6.07) is 6.98. The second-order valence-corrected chi connectivity index (χ2v) is 5.50. The number of aliphatic imine (C=N–C) groups is 1. The highest BCUT2D eigenvalue weighted by Crippen LogP contribution is 2.31. The van der Waals surface area contributed by atoms with Crippen LogP contribution in [0, 0.1) is 6.92 Å². The van der Waals surface area contributed by atoms with Crippen LogP contribution in [0.1, 0.15) is 27.7 Å². The maximum atomic E-state index is 11.8. The number of phenolic OH excluding ortho intramolecular Hbond substituents is 1. The zero-order valence-corrected chi connectivity index (χ0v) is 13.4. The zero-order chi connectivity index (χ0) is 16.1. The molecule has 2 rings (SSSR count). The fourth-order valence-corrected chi connectivity index (χ4v) is 2.78. The maximum Gasteiger partial charge on any atom is 0.348 e. The number of nitrogens with zero attached hydrogens (tertiary/aromatic N) is 1. The van der Waals surface area contributed by atoms with Crippen molar-refractivity contribution in [2.24, 2.45) is 4.99 Å². The molecule has 1 heterocycles. The first-order valence-corrected chi connectivity index (χ1v) is 7.56. The summed E-state index contributed by atoms with van der Waals surface area (Å²) in [6.45, 7) is 3.95. The van der Waals surface area contributed by atoms with E-state index in [0.717, 1.165) is 5.56 Å². The van der Waals surface area contributed by atoms with Gasteiger partial charge in [-0.3, -0.25) is 0 Å². The van der Waals surface area contributed by atoms with Crippen LogP contribution in [0.4, 0.5) is 5.00 Å². The molecule has 0 atom stereocenters. The first kappa shape index (κ1) is 16.0. The molecule has 2 aromatic rings. The van der Waals surface area contributed by atoms with Crippen LogP contribution in [0.5, 0.6) is 11.5 Å². The van der Waals surface area contributed by atoms with E-state index in [1.165, 1.54) is 24.7 Å². The van der Waals surface area contributed by atoms with Gasteiger partial charge in [0.05, 0.1) is 13.7 Å². The monoisotopic (exact) mass is 319 g/mol. The van der Waals surface area contributed by atoms with Crippen molar-refractivity contribution in [2.45, 2.75) is 13.8 Å². The standard InChI is InChI=1S/C16H17NO4S/c1-4-21-16(19)15-10(2)8-13(22-15)17-9-11-6-5-7-12(20-3)14(11)18/h5-9,18H,4H2,1-3H3. The smallest absolute Gasteiger partial charge is 0.348 e. The SMILES string of the molecule is CCOC(=O)c1sc(N=Cc2cccc(OC)c2O)cc1C. The lowest BCUT2D eigenvalue weighted by Crippen LogP contribution is -2.03. The molecule has 116 valence electrons. The topological polar surface area (TPSA) is 68.1 Å². The molecule has 0 spiro atoms. The summed E-state index contributed by atoms with van der Waals surface area (Å²) in [5.41, 5.74) is 1.37. The minimum atomic E-state index is -0.337. The van der Waals surface area contributed by atoms with E-state index in [4.69, 9.17) is 9.47 Å². The largest absolute Gasteiger partial charge is 0.504 e. The molecule has 1 N–H and O–H groups in total. The Morgan fingerprint density at radius 2 is 2.23 bits per heavy atom. The number of hydrogen-bond donors (Lipinski definition) is 1. The van der Waals surface area contributed by atoms with Gasteiger partial charge in [-0.2, -0.15) is 0 Å². The van der Waals surface area contributed by atoms with Crippen molar-refractivity contribution in [3.05, 3.63) is 40.3 Å². The number of benzene rings is 1. The number of phenols is 1. The van der Waals surface area contributed by atoms with Crippen molar-refractivity contribution < 1.29 is 19.4 Å². The molecule has 0 saturated heterocycles. The summed E-state index contributed by atoms with van der Waals surface area (Å²) in [6.07, 6.45) is 1.54. The molecule has 0 aliphatic carbocycles. The molecule has 0 amide bonds. The molecule has 5 nitrogen and oxygen atoms in total. The number of rotatable bonds is 5. The number of ether oxygens (including phenoxy) is 2. The minimum absolute atomic E-state index is 0.0349. The van der Waals surface area contributed by atoms with E-state index in [0.29, 0.717) is 27.8 Å². The second-order valence-electron chi connectivity index (χ2n) is 4.47. The second kappa shape index (κ2) is 7.09. The molecule has 0 aliphatic heterocycles. The summed E-state index contributed by atoms with van der Waals surface area (Å²) < 4.78 is 10.0. The summed E-state index contributed by atoms with van der Waals surface area (Å²) in [5, 5.41) is 10.7. The Morgan fingerprint density at radius 1 is 1.45 bits per heavy atom. The van der Waals surface area contributed by atoms with Gasteiger partial charge in [-0.05, 0) is 37.6 Å². The number of methoxy groups -OCH3 is 1. The Bertz CT molecular complexity index is 706. The molecule has 0 unspecified atom stereocenters. The summed E-state index contributed by atoms with van der Waals surface area (Å²) in [5.74, 6) is 0.0850. The number of aromatic hydroxyl groups is 1. The van der Waals surface area contributed by atoms with E-state index in [9.17, 15) is 9.90 Å². The molecule has 1 aromatic carbocycles. The van der Waals surface area contributed by atoms with Gasteiger partial charge in [0.15, 0.2) is 11.5 Å². The molecule has 0 fully saturated rings. The van der Waals surface area contributed by atoms with Crippen molar-refractivity contribution in [3.63, 3.8) is 0 Å². The quantitative estimate of drug-likeness (QED) is 0.674. The van der Waals surface area contributed by atoms with Gasteiger partial charge in [0.25, 0.3) is 0 Å². The molecular weight excluding hydrogens is 302 g/mol. The molecule has 0 aliphatic rings. The van der Waals surface area contributed by atoms with Crippen LogP contribution in [0.2, 0.25) is 0 Å². The number of esters is 1. The first-order chi connectivity index (χ1) is 10.6. The van der Waals surface area contributed by atoms with Gasteiger partial charge in [-0.15, -0.1) is 11.3 Å². The van der Waals surface area contributed by atoms with E-state index < -0.39 is 0 Å². The molecule has 0 bridgehead atoms. The van der Waals surface area contributed by atoms with E-state index in [2.05, 4.69) is 4.99 Å². The average Bonchev–Trinajstić information content (AvgIpc) is 2.87. The zero-order valence-electron chi connectivity index (χ0n) is 12.6. The Labute approximate surface area is 132 Å². The lowest BCUT2D eigenvalue weighted by molar-refractivity contribution is 0.0531. The number of carbonyl (C=O) groups excluding carboxylic acids is 1. The van der Waals surface area contributed by atoms with Crippen LogP contribution in [0.25, 0.3) is 0 Å².